The number of hydrogen-bond donors (Lipinski definition) is 2. The molecule has 0 saturated heterocycles. The second kappa shape index (κ2) is 6.98. The minimum absolute atomic E-state index is 0.147. The maximum atomic E-state index is 12.1. The molecule has 0 aliphatic heterocycles. The van der Waals surface area contributed by atoms with E-state index in [1.165, 1.54) is 6.92 Å². The van der Waals surface area contributed by atoms with Gasteiger partial charge in [0, 0.05) is 24.8 Å². The number of carboxylic acid groups (broad SMARTS) is 1. The summed E-state index contributed by atoms with van der Waals surface area (Å²) in [6.45, 7) is 3.04. The van der Waals surface area contributed by atoms with Gasteiger partial charge in [0.05, 0.1) is 27.4 Å². The van der Waals surface area contributed by atoms with Gasteiger partial charge in [-0.05, 0) is 22.9 Å². The maximum absolute atomic E-state index is 12.1. The molecule has 1 amide bonds. The highest BCUT2D eigenvalue weighted by molar-refractivity contribution is 9.10. The number of aryl methyl sites for hydroxylation is 2. The summed E-state index contributed by atoms with van der Waals surface area (Å²) in [6, 6.07) is -1.15. The molecule has 0 spiro atoms. The van der Waals surface area contributed by atoms with Crippen LogP contribution in [0, 0.1) is 6.92 Å². The fraction of sp³-hybridized carbons (Fsp3) is 0.545. The fourth-order valence-electron chi connectivity index (χ4n) is 1.65. The summed E-state index contributed by atoms with van der Waals surface area (Å²) in [5, 5.41) is 15.4. The number of carbonyl (C=O) groups is 2. The van der Waals surface area contributed by atoms with Gasteiger partial charge in [0.2, 0.25) is 5.91 Å². The molecule has 1 aromatic heterocycles. The van der Waals surface area contributed by atoms with Crippen molar-refractivity contribution in [1.29, 1.82) is 0 Å². The van der Waals surface area contributed by atoms with Gasteiger partial charge in [0.25, 0.3) is 0 Å². The van der Waals surface area contributed by atoms with Crippen molar-refractivity contribution in [2.45, 2.75) is 25.6 Å². The number of carboxylic acids is 1. The molecule has 9 heteroatoms. The van der Waals surface area contributed by atoms with Crippen LogP contribution in [0.2, 0.25) is 0 Å². The van der Waals surface area contributed by atoms with Crippen LogP contribution in [0.3, 0.4) is 0 Å². The second-order valence-corrected chi connectivity index (χ2v) is 6.61. The number of carbonyl (C=O) groups excluding carboxylic acids is 1. The molecule has 0 saturated carbocycles. The largest absolute Gasteiger partial charge is 0.480 e. The number of amides is 1. The monoisotopic (exact) mass is 365 g/mol. The molecular weight excluding hydrogens is 350 g/mol. The molecule has 1 aromatic rings. The molecule has 0 bridgehead atoms. The molecule has 0 aromatic carbocycles. The second-order valence-electron chi connectivity index (χ2n) is 4.31. The summed E-state index contributed by atoms with van der Waals surface area (Å²) in [5.41, 5.74) is 1.50. The van der Waals surface area contributed by atoms with Crippen LogP contribution >= 0.6 is 15.9 Å². The lowest BCUT2D eigenvalue weighted by Gasteiger charge is -2.13. The Kier molecular flexibility index (Phi) is 5.88. The number of aromatic nitrogens is 2. The Morgan fingerprint density at radius 3 is 2.55 bits per heavy atom. The van der Waals surface area contributed by atoms with Crippen molar-refractivity contribution in [3.8, 4) is 0 Å². The topological polar surface area (TPSA) is 101 Å². The van der Waals surface area contributed by atoms with E-state index < -0.39 is 28.7 Å². The van der Waals surface area contributed by atoms with Crippen molar-refractivity contribution in [2.75, 3.05) is 5.75 Å². The smallest absolute Gasteiger partial charge is 0.327 e. The van der Waals surface area contributed by atoms with E-state index in [9.17, 15) is 13.8 Å². The lowest BCUT2D eigenvalue weighted by atomic mass is 10.3. The van der Waals surface area contributed by atoms with E-state index in [1.807, 2.05) is 6.92 Å². The number of nitrogens with zero attached hydrogens (tertiary/aromatic N) is 2. The number of halogens is 1. The van der Waals surface area contributed by atoms with Crippen LogP contribution in [0.25, 0.3) is 0 Å². The summed E-state index contributed by atoms with van der Waals surface area (Å²) in [5.74, 6) is -1.65. The maximum Gasteiger partial charge on any atom is 0.327 e. The molecule has 1 heterocycles. The first kappa shape index (κ1) is 16.8. The zero-order valence-corrected chi connectivity index (χ0v) is 13.7. The van der Waals surface area contributed by atoms with E-state index in [0.717, 1.165) is 15.9 Å². The van der Waals surface area contributed by atoms with Crippen molar-refractivity contribution in [3.05, 3.63) is 15.9 Å². The number of hydrogen-bond acceptors (Lipinski definition) is 4. The predicted molar refractivity (Wildman–Crippen MR) is 77.6 cm³/mol. The Morgan fingerprint density at radius 1 is 1.55 bits per heavy atom. The molecule has 7 nitrogen and oxygen atoms in total. The highest BCUT2D eigenvalue weighted by atomic mass is 79.9. The zero-order valence-electron chi connectivity index (χ0n) is 11.3. The third-order valence-electron chi connectivity index (χ3n) is 2.59. The van der Waals surface area contributed by atoms with Crippen molar-refractivity contribution in [2.24, 2.45) is 7.05 Å². The molecule has 1 rings (SSSR count). The third-order valence-corrected chi connectivity index (χ3v) is 4.92. The number of nitrogens with one attached hydrogen (secondary N) is 1. The van der Waals surface area contributed by atoms with Crippen molar-refractivity contribution >= 4 is 38.6 Å². The van der Waals surface area contributed by atoms with Gasteiger partial charge in [-0.25, -0.2) is 4.79 Å². The molecule has 2 N–H and O–H groups in total. The van der Waals surface area contributed by atoms with Gasteiger partial charge in [0.15, 0.2) is 0 Å². The lowest BCUT2D eigenvalue weighted by molar-refractivity contribution is -0.140. The normalized spacial score (nSPS) is 13.8. The van der Waals surface area contributed by atoms with Gasteiger partial charge in [0.1, 0.15) is 6.04 Å². The molecule has 0 radical (unpaired) electrons. The Hall–Kier alpha value is -1.22. The first-order valence-corrected chi connectivity index (χ1v) is 8.03. The molecule has 2 atom stereocenters. The van der Waals surface area contributed by atoms with Crippen LogP contribution in [0.5, 0.6) is 0 Å². The average Bonchev–Trinajstić information content (AvgIpc) is 2.54. The quantitative estimate of drug-likeness (QED) is 0.756. The van der Waals surface area contributed by atoms with Crippen molar-refractivity contribution < 1.29 is 18.9 Å². The van der Waals surface area contributed by atoms with E-state index in [1.54, 1.807) is 11.7 Å². The average molecular weight is 366 g/mol. The molecule has 112 valence electrons. The highest BCUT2D eigenvalue weighted by Gasteiger charge is 2.23. The molecule has 0 aliphatic carbocycles. The van der Waals surface area contributed by atoms with Gasteiger partial charge < -0.3 is 10.4 Å². The Bertz CT molecular complexity index is 558. The van der Waals surface area contributed by atoms with Crippen LogP contribution in [0.4, 0.5) is 0 Å². The third kappa shape index (κ3) is 4.41. The summed E-state index contributed by atoms with van der Waals surface area (Å²) in [7, 11) is 0.297. The minimum atomic E-state index is -1.43. The zero-order chi connectivity index (χ0) is 15.4. The first-order chi connectivity index (χ1) is 9.22. The van der Waals surface area contributed by atoms with Crippen LogP contribution in [0.15, 0.2) is 4.47 Å². The standard InChI is InChI=1S/C11H16BrN3O4S/c1-6-10(12)9(15(3)14-6)5-20(19)4-8(11(17)18)13-7(2)16/h8H,4-5H2,1-3H3,(H,13,16)(H,17,18). The van der Waals surface area contributed by atoms with Crippen LogP contribution < -0.4 is 5.32 Å². The highest BCUT2D eigenvalue weighted by Crippen LogP contribution is 2.21. The predicted octanol–water partition coefficient (Wildman–Crippen LogP) is 0.329. The Morgan fingerprint density at radius 2 is 2.15 bits per heavy atom. The number of aliphatic carboxylic acids is 1. The number of rotatable bonds is 6. The SMILES string of the molecule is CC(=O)NC(CS(=O)Cc1c(Br)c(C)nn1C)C(=O)O. The Balaban J connectivity index is 2.75. The van der Waals surface area contributed by atoms with E-state index in [2.05, 4.69) is 26.3 Å². The summed E-state index contributed by atoms with van der Waals surface area (Å²) >= 11 is 3.36. The van der Waals surface area contributed by atoms with E-state index >= 15 is 0 Å². The van der Waals surface area contributed by atoms with Gasteiger partial charge >= 0.3 is 5.97 Å². The minimum Gasteiger partial charge on any atom is -0.480 e. The van der Waals surface area contributed by atoms with Gasteiger partial charge in [-0.15, -0.1) is 0 Å². The molecule has 20 heavy (non-hydrogen) atoms. The molecular formula is C11H16BrN3O4S. The summed E-state index contributed by atoms with van der Waals surface area (Å²) in [6.07, 6.45) is 0. The molecule has 0 fully saturated rings. The van der Waals surface area contributed by atoms with E-state index in [-0.39, 0.29) is 11.5 Å². The van der Waals surface area contributed by atoms with E-state index in [0.29, 0.717) is 0 Å². The Labute approximate surface area is 127 Å². The van der Waals surface area contributed by atoms with E-state index in [4.69, 9.17) is 5.11 Å². The summed E-state index contributed by atoms with van der Waals surface area (Å²) < 4.78 is 14.4. The van der Waals surface area contributed by atoms with Crippen LogP contribution in [-0.4, -0.2) is 42.8 Å². The van der Waals surface area contributed by atoms with Gasteiger partial charge in [-0.3, -0.25) is 13.7 Å². The fourth-order valence-corrected chi connectivity index (χ4v) is 3.67. The van der Waals surface area contributed by atoms with Crippen LogP contribution in [0.1, 0.15) is 18.3 Å². The summed E-state index contributed by atoms with van der Waals surface area (Å²) in [4.78, 5) is 21.9. The molecule has 2 unspecified atom stereocenters. The van der Waals surface area contributed by atoms with Gasteiger partial charge in [-0.2, -0.15) is 5.10 Å². The molecule has 0 aliphatic rings. The first-order valence-electron chi connectivity index (χ1n) is 5.75. The van der Waals surface area contributed by atoms with Crippen molar-refractivity contribution in [3.63, 3.8) is 0 Å². The lowest BCUT2D eigenvalue weighted by Crippen LogP contribution is -2.43. The van der Waals surface area contributed by atoms with Crippen molar-refractivity contribution in [1.82, 2.24) is 15.1 Å². The van der Waals surface area contributed by atoms with Crippen LogP contribution in [-0.2, 0) is 33.2 Å². The van der Waals surface area contributed by atoms with Gasteiger partial charge in [-0.1, -0.05) is 0 Å².